The van der Waals surface area contributed by atoms with Crippen LogP contribution in [0, 0.1) is 5.82 Å². The van der Waals surface area contributed by atoms with Crippen LogP contribution in [0.3, 0.4) is 0 Å². The summed E-state index contributed by atoms with van der Waals surface area (Å²) in [6.45, 7) is 2.70. The zero-order valence-corrected chi connectivity index (χ0v) is 15.7. The molecule has 7 heteroatoms. The van der Waals surface area contributed by atoms with Crippen molar-refractivity contribution >= 4 is 34.9 Å². The van der Waals surface area contributed by atoms with E-state index in [4.69, 9.17) is 23.2 Å². The van der Waals surface area contributed by atoms with Crippen molar-refractivity contribution in [3.63, 3.8) is 0 Å². The Labute approximate surface area is 162 Å². The molecule has 1 fully saturated rings. The van der Waals surface area contributed by atoms with Gasteiger partial charge in [0.15, 0.2) is 0 Å². The quantitative estimate of drug-likeness (QED) is 0.771. The zero-order chi connectivity index (χ0) is 18.5. The number of urea groups is 1. The van der Waals surface area contributed by atoms with E-state index in [1.54, 1.807) is 0 Å². The van der Waals surface area contributed by atoms with Crippen LogP contribution >= 0.6 is 23.2 Å². The van der Waals surface area contributed by atoms with Crippen LogP contribution in [0.2, 0.25) is 10.0 Å². The first-order chi connectivity index (χ1) is 12.5. The van der Waals surface area contributed by atoms with Crippen molar-refractivity contribution in [2.75, 3.05) is 18.4 Å². The largest absolute Gasteiger partial charge is 0.335 e. The molecular formula is C19H20Cl2FN3O. The highest BCUT2D eigenvalue weighted by Gasteiger charge is 2.20. The Balaban J connectivity index is 1.43. The van der Waals surface area contributed by atoms with E-state index >= 15 is 0 Å². The lowest BCUT2D eigenvalue weighted by molar-refractivity contribution is 0.190. The fourth-order valence-electron chi connectivity index (χ4n) is 3.01. The number of hydrogen-bond donors (Lipinski definition) is 2. The maximum atomic E-state index is 13.1. The van der Waals surface area contributed by atoms with Gasteiger partial charge in [-0.25, -0.2) is 9.18 Å². The van der Waals surface area contributed by atoms with Crippen LogP contribution in [0.25, 0.3) is 0 Å². The van der Waals surface area contributed by atoms with Crippen LogP contribution in [0.4, 0.5) is 14.9 Å². The van der Waals surface area contributed by atoms with E-state index < -0.39 is 5.82 Å². The number of anilines is 1. The Morgan fingerprint density at radius 3 is 2.46 bits per heavy atom. The maximum absolute atomic E-state index is 13.1. The van der Waals surface area contributed by atoms with Gasteiger partial charge in [-0.2, -0.15) is 0 Å². The van der Waals surface area contributed by atoms with Crippen LogP contribution in [-0.4, -0.2) is 30.1 Å². The first-order valence-corrected chi connectivity index (χ1v) is 9.24. The standard InChI is InChI=1S/C19H20Cl2FN3O/c20-14-3-1-13(2-4-14)12-25-9-7-15(8-10-25)23-19(26)24-16-5-6-18(22)17(21)11-16/h1-6,11,15H,7-10,12H2,(H2,23,24,26). The predicted molar refractivity (Wildman–Crippen MR) is 103 cm³/mol. The number of hydrogen-bond acceptors (Lipinski definition) is 2. The van der Waals surface area contributed by atoms with Gasteiger partial charge in [-0.05, 0) is 48.7 Å². The lowest BCUT2D eigenvalue weighted by atomic mass is 10.0. The molecule has 0 bridgehead atoms. The Bertz CT molecular complexity index is 762. The highest BCUT2D eigenvalue weighted by molar-refractivity contribution is 6.31. The molecule has 1 aliphatic rings. The van der Waals surface area contributed by atoms with Gasteiger partial charge in [0.2, 0.25) is 0 Å². The Morgan fingerprint density at radius 2 is 1.81 bits per heavy atom. The highest BCUT2D eigenvalue weighted by Crippen LogP contribution is 2.20. The van der Waals surface area contributed by atoms with E-state index in [9.17, 15) is 9.18 Å². The third-order valence-corrected chi connectivity index (χ3v) is 4.96. The average molecular weight is 396 g/mol. The molecule has 3 rings (SSSR count). The average Bonchev–Trinajstić information content (AvgIpc) is 2.62. The molecule has 0 spiro atoms. The van der Waals surface area contributed by atoms with Gasteiger partial charge < -0.3 is 10.6 Å². The molecule has 26 heavy (non-hydrogen) atoms. The molecule has 2 aromatic rings. The number of benzene rings is 2. The second-order valence-corrected chi connectivity index (χ2v) is 7.25. The molecule has 0 aromatic heterocycles. The molecule has 0 radical (unpaired) electrons. The molecule has 1 saturated heterocycles. The summed E-state index contributed by atoms with van der Waals surface area (Å²) in [5, 5.41) is 6.37. The number of nitrogens with one attached hydrogen (secondary N) is 2. The van der Waals surface area contributed by atoms with Crippen molar-refractivity contribution in [2.24, 2.45) is 0 Å². The summed E-state index contributed by atoms with van der Waals surface area (Å²) in [6.07, 6.45) is 1.76. The van der Waals surface area contributed by atoms with Gasteiger partial charge in [0.1, 0.15) is 5.82 Å². The van der Waals surface area contributed by atoms with Crippen molar-refractivity contribution < 1.29 is 9.18 Å². The smallest absolute Gasteiger partial charge is 0.319 e. The minimum atomic E-state index is -0.509. The van der Waals surface area contributed by atoms with E-state index in [0.29, 0.717) is 5.69 Å². The van der Waals surface area contributed by atoms with Crippen LogP contribution in [0.15, 0.2) is 42.5 Å². The van der Waals surface area contributed by atoms with Gasteiger partial charge >= 0.3 is 6.03 Å². The second-order valence-electron chi connectivity index (χ2n) is 6.40. The summed E-state index contributed by atoms with van der Waals surface area (Å²) in [6, 6.07) is 11.8. The summed E-state index contributed by atoms with van der Waals surface area (Å²) < 4.78 is 13.1. The molecule has 138 valence electrons. The molecule has 1 aliphatic heterocycles. The van der Waals surface area contributed by atoms with Crippen LogP contribution < -0.4 is 10.6 Å². The third-order valence-electron chi connectivity index (χ3n) is 4.42. The molecule has 1 heterocycles. The minimum Gasteiger partial charge on any atom is -0.335 e. The number of likely N-dealkylation sites (tertiary alicyclic amines) is 1. The van der Waals surface area contributed by atoms with Crippen molar-refractivity contribution in [3.05, 3.63) is 63.9 Å². The van der Waals surface area contributed by atoms with Gasteiger partial charge in [-0.15, -0.1) is 0 Å². The van der Waals surface area contributed by atoms with Gasteiger partial charge in [0.25, 0.3) is 0 Å². The summed E-state index contributed by atoms with van der Waals surface area (Å²) in [5.41, 5.74) is 1.70. The predicted octanol–water partition coefficient (Wildman–Crippen LogP) is 4.92. The molecule has 2 aromatic carbocycles. The van der Waals surface area contributed by atoms with Crippen molar-refractivity contribution in [2.45, 2.75) is 25.4 Å². The number of carbonyl (C=O) groups is 1. The molecule has 0 saturated carbocycles. The summed E-state index contributed by atoms with van der Waals surface area (Å²) in [7, 11) is 0. The number of rotatable bonds is 4. The summed E-state index contributed by atoms with van der Waals surface area (Å²) in [4.78, 5) is 14.5. The monoisotopic (exact) mass is 395 g/mol. The number of piperidine rings is 1. The third kappa shape index (κ3) is 5.34. The first-order valence-electron chi connectivity index (χ1n) is 8.49. The fraction of sp³-hybridized carbons (Fsp3) is 0.316. The topological polar surface area (TPSA) is 44.4 Å². The Morgan fingerprint density at radius 1 is 1.12 bits per heavy atom. The molecule has 0 atom stereocenters. The van der Waals surface area contributed by atoms with Gasteiger partial charge in [0, 0.05) is 36.4 Å². The van der Waals surface area contributed by atoms with Crippen molar-refractivity contribution in [3.8, 4) is 0 Å². The van der Waals surface area contributed by atoms with Crippen LogP contribution in [0.1, 0.15) is 18.4 Å². The van der Waals surface area contributed by atoms with Gasteiger partial charge in [-0.3, -0.25) is 4.90 Å². The number of nitrogens with zero attached hydrogens (tertiary/aromatic N) is 1. The fourth-order valence-corrected chi connectivity index (χ4v) is 3.32. The molecule has 0 aliphatic carbocycles. The Kier molecular flexibility index (Phi) is 6.35. The summed E-state index contributed by atoms with van der Waals surface area (Å²) >= 11 is 11.6. The van der Waals surface area contributed by atoms with Crippen LogP contribution in [-0.2, 0) is 6.54 Å². The number of amides is 2. The van der Waals surface area contributed by atoms with E-state index in [0.717, 1.165) is 37.5 Å². The lowest BCUT2D eigenvalue weighted by Gasteiger charge is -2.32. The second kappa shape index (κ2) is 8.71. The Hall–Kier alpha value is -1.82. The minimum absolute atomic E-state index is 0.0155. The van der Waals surface area contributed by atoms with E-state index in [1.807, 2.05) is 24.3 Å². The van der Waals surface area contributed by atoms with Crippen LogP contribution in [0.5, 0.6) is 0 Å². The van der Waals surface area contributed by atoms with Crippen molar-refractivity contribution in [1.29, 1.82) is 0 Å². The normalized spacial score (nSPS) is 15.7. The van der Waals surface area contributed by atoms with Gasteiger partial charge in [-0.1, -0.05) is 35.3 Å². The molecule has 4 nitrogen and oxygen atoms in total. The lowest BCUT2D eigenvalue weighted by Crippen LogP contribution is -2.45. The molecule has 2 N–H and O–H groups in total. The highest BCUT2D eigenvalue weighted by atomic mass is 35.5. The number of carbonyl (C=O) groups excluding carboxylic acids is 1. The van der Waals surface area contributed by atoms with Crippen molar-refractivity contribution in [1.82, 2.24) is 10.2 Å². The molecule has 0 unspecified atom stereocenters. The van der Waals surface area contributed by atoms with E-state index in [2.05, 4.69) is 15.5 Å². The SMILES string of the molecule is O=C(Nc1ccc(F)c(Cl)c1)NC1CCN(Cc2ccc(Cl)cc2)CC1. The maximum Gasteiger partial charge on any atom is 0.319 e. The molecular weight excluding hydrogens is 376 g/mol. The zero-order valence-electron chi connectivity index (χ0n) is 14.1. The van der Waals surface area contributed by atoms with Gasteiger partial charge in [0.05, 0.1) is 5.02 Å². The summed E-state index contributed by atoms with van der Waals surface area (Å²) in [5.74, 6) is -0.509. The first kappa shape index (κ1) is 19.0. The number of halogens is 3. The van der Waals surface area contributed by atoms with E-state index in [-0.39, 0.29) is 17.1 Å². The van der Waals surface area contributed by atoms with E-state index in [1.165, 1.54) is 23.8 Å². The molecule has 2 amide bonds.